The van der Waals surface area contributed by atoms with Crippen LogP contribution in [0.15, 0.2) is 44.7 Å². The zero-order chi connectivity index (χ0) is 22.2. The van der Waals surface area contributed by atoms with Crippen LogP contribution in [-0.4, -0.2) is 50.4 Å². The van der Waals surface area contributed by atoms with Gasteiger partial charge >= 0.3 is 29.0 Å². The SMILES string of the molecule is O=C1CSSCC(=O)OCCCn2c(=O)n(c(=O)n(-c3ccccc3)c2=O)CCCO1. The van der Waals surface area contributed by atoms with Crippen molar-refractivity contribution in [2.24, 2.45) is 0 Å². The van der Waals surface area contributed by atoms with E-state index in [9.17, 15) is 24.0 Å². The first-order valence-electron chi connectivity index (χ1n) is 9.57. The van der Waals surface area contributed by atoms with Gasteiger partial charge in [-0.1, -0.05) is 39.8 Å². The maximum atomic E-state index is 13.0. The maximum Gasteiger partial charge on any atom is 0.340 e. The van der Waals surface area contributed by atoms with Crippen molar-refractivity contribution in [3.63, 3.8) is 0 Å². The first kappa shape index (κ1) is 22.9. The van der Waals surface area contributed by atoms with E-state index in [1.165, 1.54) is 21.6 Å². The summed E-state index contributed by atoms with van der Waals surface area (Å²) in [6.45, 7) is -0.00519. The van der Waals surface area contributed by atoms with Crippen molar-refractivity contribution in [3.05, 3.63) is 61.8 Å². The monoisotopic (exact) mass is 467 g/mol. The van der Waals surface area contributed by atoms with Crippen LogP contribution in [0, 0.1) is 0 Å². The summed E-state index contributed by atoms with van der Waals surface area (Å²) in [7, 11) is 2.37. The molecule has 0 aliphatic carbocycles. The van der Waals surface area contributed by atoms with E-state index in [1.54, 1.807) is 30.3 Å². The molecule has 10 nitrogen and oxygen atoms in total. The second-order valence-corrected chi connectivity index (χ2v) is 8.96. The quantitative estimate of drug-likeness (QED) is 0.434. The summed E-state index contributed by atoms with van der Waals surface area (Å²) in [5, 5.41) is 0. The number of ether oxygens (including phenoxy) is 2. The Labute approximate surface area is 184 Å². The molecule has 0 spiro atoms. The molecule has 0 saturated carbocycles. The van der Waals surface area contributed by atoms with Crippen molar-refractivity contribution in [1.82, 2.24) is 13.7 Å². The Hall–Kier alpha value is -2.73. The summed E-state index contributed by atoms with van der Waals surface area (Å²) < 4.78 is 13.0. The van der Waals surface area contributed by atoms with Crippen molar-refractivity contribution in [3.8, 4) is 5.69 Å². The summed E-state index contributed by atoms with van der Waals surface area (Å²) in [5.41, 5.74) is -1.95. The van der Waals surface area contributed by atoms with Gasteiger partial charge in [0.05, 0.1) is 18.9 Å². The van der Waals surface area contributed by atoms with Gasteiger partial charge in [0.25, 0.3) is 0 Å². The molecule has 0 atom stereocenters. The number of aromatic nitrogens is 3. The van der Waals surface area contributed by atoms with Crippen molar-refractivity contribution in [1.29, 1.82) is 0 Å². The fourth-order valence-corrected chi connectivity index (χ4v) is 4.50. The summed E-state index contributed by atoms with van der Waals surface area (Å²) in [6, 6.07) is 8.29. The number of nitrogens with zero attached hydrogens (tertiary/aromatic N) is 3. The highest BCUT2D eigenvalue weighted by molar-refractivity contribution is 8.77. The van der Waals surface area contributed by atoms with Gasteiger partial charge in [0.15, 0.2) is 0 Å². The minimum absolute atomic E-state index is 0.0163. The second-order valence-electron chi connectivity index (χ2n) is 6.49. The van der Waals surface area contributed by atoms with Crippen LogP contribution in [-0.2, 0) is 32.2 Å². The van der Waals surface area contributed by atoms with Crippen LogP contribution in [0.4, 0.5) is 0 Å². The van der Waals surface area contributed by atoms with Crippen molar-refractivity contribution >= 4 is 33.5 Å². The number of cyclic esters (lactones) is 2. The minimum Gasteiger partial charge on any atom is -0.465 e. The van der Waals surface area contributed by atoms with Gasteiger partial charge < -0.3 is 9.47 Å². The first-order valence-corrected chi connectivity index (χ1v) is 12.1. The molecule has 2 aromatic rings. The van der Waals surface area contributed by atoms with Gasteiger partial charge in [-0.05, 0) is 25.0 Å². The van der Waals surface area contributed by atoms with Gasteiger partial charge in [0.2, 0.25) is 0 Å². The van der Waals surface area contributed by atoms with Crippen LogP contribution in [0.3, 0.4) is 0 Å². The van der Waals surface area contributed by atoms with Gasteiger partial charge in [-0.2, -0.15) is 0 Å². The van der Waals surface area contributed by atoms with Crippen molar-refractivity contribution in [2.75, 3.05) is 24.7 Å². The molecule has 2 heterocycles. The van der Waals surface area contributed by atoms with E-state index in [0.717, 1.165) is 13.7 Å². The Bertz CT molecular complexity index is 1040. The Morgan fingerprint density at radius 1 is 0.677 bits per heavy atom. The minimum atomic E-state index is -0.764. The van der Waals surface area contributed by atoms with Gasteiger partial charge in [-0.25, -0.2) is 28.1 Å². The Balaban J connectivity index is 1.97. The highest BCUT2D eigenvalue weighted by atomic mass is 33.1. The summed E-state index contributed by atoms with van der Waals surface area (Å²) in [6.07, 6.45) is 0.459. The molecule has 1 aromatic heterocycles. The zero-order valence-corrected chi connectivity index (χ0v) is 18.2. The van der Waals surface area contributed by atoms with Gasteiger partial charge in [-0.15, -0.1) is 0 Å². The lowest BCUT2D eigenvalue weighted by Gasteiger charge is -2.14. The second kappa shape index (κ2) is 11.0. The third-order valence-electron chi connectivity index (χ3n) is 4.34. The van der Waals surface area contributed by atoms with Crippen LogP contribution in [0.25, 0.3) is 5.69 Å². The highest BCUT2D eigenvalue weighted by Gasteiger charge is 2.17. The highest BCUT2D eigenvalue weighted by Crippen LogP contribution is 2.21. The normalized spacial score (nSPS) is 16.8. The Morgan fingerprint density at radius 3 is 1.65 bits per heavy atom. The number of para-hydroxylation sites is 1. The van der Waals surface area contributed by atoms with E-state index in [0.29, 0.717) is 5.69 Å². The summed E-state index contributed by atoms with van der Waals surface area (Å²) in [5.74, 6) is -0.809. The third kappa shape index (κ3) is 5.91. The fourth-order valence-electron chi connectivity index (χ4n) is 2.89. The number of carbonyl (C=O) groups is 2. The third-order valence-corrected chi connectivity index (χ3v) is 6.42. The molecule has 166 valence electrons. The molecule has 0 unspecified atom stereocenters. The zero-order valence-electron chi connectivity index (χ0n) is 16.6. The van der Waals surface area contributed by atoms with Crippen molar-refractivity contribution < 1.29 is 19.1 Å². The number of benzene rings is 1. The van der Waals surface area contributed by atoms with Crippen LogP contribution in [0.2, 0.25) is 0 Å². The molecule has 0 radical (unpaired) electrons. The number of hydrogen-bond donors (Lipinski definition) is 0. The topological polar surface area (TPSA) is 119 Å². The number of carbonyl (C=O) groups excluding carboxylic acids is 2. The standard InChI is InChI=1S/C19H21N3O7S2/c23-15-12-30-31-13-16(24)29-11-5-9-21-17(25)20(8-4-10-28-15)18(26)22(19(21)27)14-6-2-1-3-7-14/h1-3,6-7H,4-5,8-13H2. The molecule has 1 aliphatic heterocycles. The average molecular weight is 468 g/mol. The smallest absolute Gasteiger partial charge is 0.340 e. The van der Waals surface area contributed by atoms with Crippen LogP contribution in [0.1, 0.15) is 12.8 Å². The molecule has 1 aromatic carbocycles. The largest absolute Gasteiger partial charge is 0.465 e. The van der Waals surface area contributed by atoms with Crippen LogP contribution >= 0.6 is 21.6 Å². The predicted octanol–water partition coefficient (Wildman–Crippen LogP) is 0.422. The maximum absolute atomic E-state index is 13.0. The molecular weight excluding hydrogens is 446 g/mol. The molecular formula is C19H21N3O7S2. The van der Waals surface area contributed by atoms with Gasteiger partial charge in [0.1, 0.15) is 11.5 Å². The lowest BCUT2D eigenvalue weighted by Crippen LogP contribution is -2.54. The van der Waals surface area contributed by atoms with E-state index in [1.807, 2.05) is 0 Å². The molecule has 0 amide bonds. The predicted molar refractivity (Wildman–Crippen MR) is 117 cm³/mol. The van der Waals surface area contributed by atoms with Crippen molar-refractivity contribution in [2.45, 2.75) is 25.9 Å². The molecule has 3 rings (SSSR count). The fraction of sp³-hybridized carbons (Fsp3) is 0.421. The molecule has 0 fully saturated rings. The van der Waals surface area contributed by atoms with Gasteiger partial charge in [-0.3, -0.25) is 9.59 Å². The number of hydrogen-bond acceptors (Lipinski definition) is 9. The first-order chi connectivity index (χ1) is 15.0. The van der Waals surface area contributed by atoms with E-state index in [2.05, 4.69) is 0 Å². The lowest BCUT2D eigenvalue weighted by atomic mass is 10.3. The van der Waals surface area contributed by atoms with E-state index >= 15 is 0 Å². The van der Waals surface area contributed by atoms with E-state index in [4.69, 9.17) is 9.47 Å². The number of rotatable bonds is 1. The van der Waals surface area contributed by atoms with Crippen LogP contribution in [0.5, 0.6) is 0 Å². The number of esters is 2. The molecule has 2 bridgehead atoms. The molecule has 0 N–H and O–H groups in total. The molecule has 0 saturated heterocycles. The Kier molecular flexibility index (Phi) is 8.18. The van der Waals surface area contributed by atoms with E-state index in [-0.39, 0.29) is 50.7 Å². The number of fused-ring (bicyclic) bond motifs is 2. The molecule has 31 heavy (non-hydrogen) atoms. The van der Waals surface area contributed by atoms with E-state index < -0.39 is 29.0 Å². The van der Waals surface area contributed by atoms with Crippen LogP contribution < -0.4 is 17.1 Å². The molecule has 12 heteroatoms. The Morgan fingerprint density at radius 2 is 1.16 bits per heavy atom. The summed E-state index contributed by atoms with van der Waals surface area (Å²) in [4.78, 5) is 62.3. The summed E-state index contributed by atoms with van der Waals surface area (Å²) >= 11 is 0. The molecule has 1 aliphatic rings. The lowest BCUT2D eigenvalue weighted by molar-refractivity contribution is -0.141. The van der Waals surface area contributed by atoms with Gasteiger partial charge in [0, 0.05) is 13.1 Å². The average Bonchev–Trinajstić information content (AvgIpc) is 2.76.